The zero-order valence-electron chi connectivity index (χ0n) is 16.5. The smallest absolute Gasteiger partial charge is 0.238 e. The number of rotatable bonds is 10. The Morgan fingerprint density at radius 3 is 2.35 bits per heavy atom. The van der Waals surface area contributed by atoms with Gasteiger partial charge in [0.25, 0.3) is 0 Å². The van der Waals surface area contributed by atoms with Crippen LogP contribution in [-0.2, 0) is 16.4 Å². The molecule has 1 aromatic carbocycles. The summed E-state index contributed by atoms with van der Waals surface area (Å²) in [7, 11) is -1.87. The topological polar surface area (TPSA) is 96.6 Å². The average molecular weight is 383 g/mol. The van der Waals surface area contributed by atoms with Gasteiger partial charge in [-0.25, -0.2) is 13.6 Å². The molecule has 4 N–H and O–H groups in total. The van der Waals surface area contributed by atoms with E-state index < -0.39 is 10.0 Å². The number of benzene rings is 1. The van der Waals surface area contributed by atoms with Crippen molar-refractivity contribution in [2.45, 2.75) is 57.8 Å². The van der Waals surface area contributed by atoms with Crippen LogP contribution in [0.25, 0.3) is 0 Å². The highest BCUT2D eigenvalue weighted by molar-refractivity contribution is 7.89. The zero-order chi connectivity index (χ0) is 19.6. The Balaban J connectivity index is 2.40. The summed E-state index contributed by atoms with van der Waals surface area (Å²) in [5, 5.41) is 11.8. The van der Waals surface area contributed by atoms with Crippen LogP contribution < -0.4 is 15.8 Å². The lowest BCUT2D eigenvalue weighted by atomic mass is 9.87. The van der Waals surface area contributed by atoms with Crippen LogP contribution in [-0.4, -0.2) is 34.5 Å². The van der Waals surface area contributed by atoms with Crippen molar-refractivity contribution in [1.29, 1.82) is 0 Å². The van der Waals surface area contributed by atoms with Crippen molar-refractivity contribution < 1.29 is 8.42 Å². The molecule has 0 unspecified atom stereocenters. The minimum atomic E-state index is -3.63. The van der Waals surface area contributed by atoms with E-state index in [1.165, 1.54) is 37.8 Å². The van der Waals surface area contributed by atoms with Gasteiger partial charge < -0.3 is 10.6 Å². The van der Waals surface area contributed by atoms with Crippen molar-refractivity contribution in [3.63, 3.8) is 0 Å². The highest BCUT2D eigenvalue weighted by atomic mass is 32.2. The highest BCUT2D eigenvalue weighted by Gasteiger charge is 2.17. The quantitative estimate of drug-likeness (QED) is 0.329. The molecule has 1 aromatic rings. The second-order valence-electron chi connectivity index (χ2n) is 7.41. The molecule has 26 heavy (non-hydrogen) atoms. The molecule has 0 aliphatic rings. The number of guanidine groups is 1. The van der Waals surface area contributed by atoms with E-state index in [4.69, 9.17) is 5.14 Å². The number of aliphatic imine (C=N–C) groups is 1. The number of hydrogen-bond acceptors (Lipinski definition) is 3. The molecule has 0 saturated carbocycles. The molecule has 0 aromatic heterocycles. The summed E-state index contributed by atoms with van der Waals surface area (Å²) in [6.07, 6.45) is 5.74. The van der Waals surface area contributed by atoms with Crippen LogP contribution in [0, 0.1) is 5.41 Å². The number of unbranched alkanes of at least 4 members (excludes halogenated alkanes) is 2. The van der Waals surface area contributed by atoms with Gasteiger partial charge in [0.15, 0.2) is 5.96 Å². The molecule has 1 rings (SSSR count). The lowest BCUT2D eigenvalue weighted by Crippen LogP contribution is -2.42. The van der Waals surface area contributed by atoms with Crippen LogP contribution in [0.2, 0.25) is 0 Å². The predicted octanol–water partition coefficient (Wildman–Crippen LogP) is 2.65. The third-order valence-corrected chi connectivity index (χ3v) is 5.30. The molecular formula is C19H34N4O2S. The van der Waals surface area contributed by atoms with Gasteiger partial charge in [-0.1, -0.05) is 52.2 Å². The summed E-state index contributed by atoms with van der Waals surface area (Å²) in [4.78, 5) is 4.40. The summed E-state index contributed by atoms with van der Waals surface area (Å²) in [6, 6.07) is 6.65. The van der Waals surface area contributed by atoms with Crippen molar-refractivity contribution in [3.05, 3.63) is 29.8 Å². The SMILES string of the molecule is CCCCCC(C)(C)CNC(=NC)NCCc1ccc(S(N)(=O)=O)cc1. The molecule has 0 atom stereocenters. The first-order valence-electron chi connectivity index (χ1n) is 9.24. The average Bonchev–Trinajstić information content (AvgIpc) is 2.57. The van der Waals surface area contributed by atoms with Gasteiger partial charge in [-0.15, -0.1) is 0 Å². The minimum Gasteiger partial charge on any atom is -0.356 e. The summed E-state index contributed by atoms with van der Waals surface area (Å²) >= 11 is 0. The Morgan fingerprint density at radius 2 is 1.81 bits per heavy atom. The van der Waals surface area contributed by atoms with Gasteiger partial charge in [-0.05, 0) is 36.0 Å². The molecule has 0 heterocycles. The van der Waals surface area contributed by atoms with Gasteiger partial charge in [-0.3, -0.25) is 4.99 Å². The molecule has 0 amide bonds. The number of nitrogens with two attached hydrogens (primary N) is 1. The summed E-state index contributed by atoms with van der Waals surface area (Å²) < 4.78 is 22.5. The Hall–Kier alpha value is -1.60. The third-order valence-electron chi connectivity index (χ3n) is 4.37. The Kier molecular flexibility index (Phi) is 9.08. The summed E-state index contributed by atoms with van der Waals surface area (Å²) in [5.74, 6) is 0.787. The molecule has 0 fully saturated rings. The molecule has 0 saturated heterocycles. The van der Waals surface area contributed by atoms with Gasteiger partial charge in [0.1, 0.15) is 0 Å². The van der Waals surface area contributed by atoms with Crippen LogP contribution in [0.5, 0.6) is 0 Å². The maximum Gasteiger partial charge on any atom is 0.238 e. The molecule has 0 spiro atoms. The van der Waals surface area contributed by atoms with E-state index in [2.05, 4.69) is 36.4 Å². The van der Waals surface area contributed by atoms with Crippen LogP contribution in [0.3, 0.4) is 0 Å². The molecule has 0 bridgehead atoms. The first kappa shape index (κ1) is 22.4. The fourth-order valence-electron chi connectivity index (χ4n) is 2.66. The normalized spacial score (nSPS) is 12.9. The van der Waals surface area contributed by atoms with E-state index in [1.54, 1.807) is 19.2 Å². The van der Waals surface area contributed by atoms with E-state index >= 15 is 0 Å². The van der Waals surface area contributed by atoms with E-state index in [0.29, 0.717) is 6.54 Å². The van der Waals surface area contributed by atoms with Crippen molar-refractivity contribution in [2.75, 3.05) is 20.1 Å². The van der Waals surface area contributed by atoms with Gasteiger partial charge in [0.05, 0.1) is 4.90 Å². The van der Waals surface area contributed by atoms with Gasteiger partial charge in [-0.2, -0.15) is 0 Å². The number of hydrogen-bond donors (Lipinski definition) is 3. The van der Waals surface area contributed by atoms with Crippen molar-refractivity contribution >= 4 is 16.0 Å². The lowest BCUT2D eigenvalue weighted by Gasteiger charge is -2.26. The molecule has 0 aliphatic carbocycles. The number of nitrogens with zero attached hydrogens (tertiary/aromatic N) is 1. The van der Waals surface area contributed by atoms with Crippen molar-refractivity contribution in [1.82, 2.24) is 10.6 Å². The molecule has 148 valence electrons. The van der Waals surface area contributed by atoms with Crippen molar-refractivity contribution in [3.8, 4) is 0 Å². The van der Waals surface area contributed by atoms with Crippen LogP contribution in [0.4, 0.5) is 0 Å². The second-order valence-corrected chi connectivity index (χ2v) is 8.97. The standard InChI is InChI=1S/C19H34N4O2S/c1-5-6-7-13-19(2,3)15-23-18(21-4)22-14-12-16-8-10-17(11-9-16)26(20,24)25/h8-11H,5-7,12-15H2,1-4H3,(H2,20,24,25)(H2,21,22,23). The first-order chi connectivity index (χ1) is 12.2. The summed E-state index contributed by atoms with van der Waals surface area (Å²) in [5.41, 5.74) is 1.27. The maximum absolute atomic E-state index is 11.3. The number of primary sulfonamides is 1. The second kappa shape index (κ2) is 10.5. The number of nitrogens with one attached hydrogen (secondary N) is 2. The molecular weight excluding hydrogens is 348 g/mol. The van der Waals surface area contributed by atoms with Crippen LogP contribution >= 0.6 is 0 Å². The number of sulfonamides is 1. The fraction of sp³-hybridized carbons (Fsp3) is 0.632. The van der Waals surface area contributed by atoms with Gasteiger partial charge in [0.2, 0.25) is 10.0 Å². The highest BCUT2D eigenvalue weighted by Crippen LogP contribution is 2.22. The summed E-state index contributed by atoms with van der Waals surface area (Å²) in [6.45, 7) is 8.36. The molecule has 6 nitrogen and oxygen atoms in total. The zero-order valence-corrected chi connectivity index (χ0v) is 17.3. The van der Waals surface area contributed by atoms with Crippen LogP contribution in [0.1, 0.15) is 52.0 Å². The van der Waals surface area contributed by atoms with E-state index in [9.17, 15) is 8.42 Å². The molecule has 0 radical (unpaired) electrons. The van der Waals surface area contributed by atoms with Gasteiger partial charge in [0, 0.05) is 20.1 Å². The molecule has 7 heteroatoms. The third kappa shape index (κ3) is 8.67. The maximum atomic E-state index is 11.3. The van der Waals surface area contributed by atoms with Crippen LogP contribution in [0.15, 0.2) is 34.2 Å². The predicted molar refractivity (Wildman–Crippen MR) is 109 cm³/mol. The van der Waals surface area contributed by atoms with E-state index in [0.717, 1.165) is 24.5 Å². The first-order valence-corrected chi connectivity index (χ1v) is 10.8. The lowest BCUT2D eigenvalue weighted by molar-refractivity contribution is 0.318. The fourth-order valence-corrected chi connectivity index (χ4v) is 3.17. The Labute approximate surface area is 158 Å². The minimum absolute atomic E-state index is 0.136. The Bertz CT molecular complexity index is 667. The van der Waals surface area contributed by atoms with E-state index in [-0.39, 0.29) is 10.3 Å². The monoisotopic (exact) mass is 382 g/mol. The van der Waals surface area contributed by atoms with Gasteiger partial charge >= 0.3 is 0 Å². The molecule has 0 aliphatic heterocycles. The van der Waals surface area contributed by atoms with Crippen molar-refractivity contribution in [2.24, 2.45) is 15.5 Å². The Morgan fingerprint density at radius 1 is 1.15 bits per heavy atom. The largest absolute Gasteiger partial charge is 0.356 e. The van der Waals surface area contributed by atoms with E-state index in [1.807, 2.05) is 0 Å².